The van der Waals surface area contributed by atoms with Crippen LogP contribution in [0, 0.1) is 5.82 Å². The molecule has 0 aromatic heterocycles. The number of amides is 1. The SMILES string of the molecule is CCN(CC)C(C(=O)NCC(O)c1ccc(F)cc1)c1ccccc1. The number of aliphatic hydroxyl groups excluding tert-OH is 1. The van der Waals surface area contributed by atoms with Crippen molar-refractivity contribution in [1.29, 1.82) is 0 Å². The largest absolute Gasteiger partial charge is 0.387 e. The Hall–Kier alpha value is -2.24. The van der Waals surface area contributed by atoms with E-state index < -0.39 is 12.1 Å². The number of nitrogens with zero attached hydrogens (tertiary/aromatic N) is 1. The first-order chi connectivity index (χ1) is 12.1. The average Bonchev–Trinajstić information content (AvgIpc) is 2.65. The predicted octanol–water partition coefficient (Wildman–Crippen LogP) is 3.06. The van der Waals surface area contributed by atoms with E-state index in [0.29, 0.717) is 5.56 Å². The maximum atomic E-state index is 13.0. The maximum absolute atomic E-state index is 13.0. The van der Waals surface area contributed by atoms with E-state index in [1.165, 1.54) is 24.3 Å². The summed E-state index contributed by atoms with van der Waals surface area (Å²) >= 11 is 0. The van der Waals surface area contributed by atoms with E-state index in [4.69, 9.17) is 0 Å². The van der Waals surface area contributed by atoms with E-state index in [0.717, 1.165) is 18.7 Å². The third kappa shape index (κ3) is 5.11. The Morgan fingerprint density at radius 3 is 2.20 bits per heavy atom. The summed E-state index contributed by atoms with van der Waals surface area (Å²) in [5, 5.41) is 13.0. The molecule has 0 aliphatic heterocycles. The third-order valence-electron chi connectivity index (χ3n) is 4.27. The van der Waals surface area contributed by atoms with Gasteiger partial charge in [-0.05, 0) is 36.3 Å². The second-order valence-electron chi connectivity index (χ2n) is 5.85. The molecular weight excluding hydrogens is 319 g/mol. The molecule has 5 heteroatoms. The van der Waals surface area contributed by atoms with Crippen molar-refractivity contribution < 1.29 is 14.3 Å². The standard InChI is InChI=1S/C20H25FN2O2/c1-3-23(4-2)19(16-8-6-5-7-9-16)20(25)22-14-18(24)15-10-12-17(21)13-11-15/h5-13,18-19,24H,3-4,14H2,1-2H3,(H,22,25). The van der Waals surface area contributed by atoms with Crippen LogP contribution in [0.15, 0.2) is 54.6 Å². The van der Waals surface area contributed by atoms with Crippen LogP contribution < -0.4 is 5.32 Å². The van der Waals surface area contributed by atoms with Crippen LogP contribution in [0.25, 0.3) is 0 Å². The smallest absolute Gasteiger partial charge is 0.242 e. The van der Waals surface area contributed by atoms with Gasteiger partial charge in [0.15, 0.2) is 0 Å². The van der Waals surface area contributed by atoms with E-state index in [-0.39, 0.29) is 18.3 Å². The third-order valence-corrected chi connectivity index (χ3v) is 4.27. The summed E-state index contributed by atoms with van der Waals surface area (Å²) in [6, 6.07) is 14.8. The fourth-order valence-corrected chi connectivity index (χ4v) is 2.85. The molecule has 2 aromatic carbocycles. The molecule has 2 atom stereocenters. The minimum Gasteiger partial charge on any atom is -0.387 e. The van der Waals surface area contributed by atoms with E-state index in [9.17, 15) is 14.3 Å². The number of nitrogens with one attached hydrogen (secondary N) is 1. The van der Waals surface area contributed by atoms with E-state index in [2.05, 4.69) is 10.2 Å². The first kappa shape index (κ1) is 19.1. The molecule has 1 amide bonds. The number of hydrogen-bond acceptors (Lipinski definition) is 3. The Balaban J connectivity index is 2.07. The molecule has 134 valence electrons. The van der Waals surface area contributed by atoms with E-state index in [1.807, 2.05) is 44.2 Å². The highest BCUT2D eigenvalue weighted by molar-refractivity contribution is 5.83. The van der Waals surface area contributed by atoms with Gasteiger partial charge in [-0.2, -0.15) is 0 Å². The first-order valence-corrected chi connectivity index (χ1v) is 8.57. The Bertz CT molecular complexity index is 657. The van der Waals surface area contributed by atoms with Crippen LogP contribution in [0.1, 0.15) is 37.1 Å². The number of halogens is 1. The van der Waals surface area contributed by atoms with Crippen molar-refractivity contribution in [2.24, 2.45) is 0 Å². The summed E-state index contributed by atoms with van der Waals surface area (Å²) in [6.07, 6.45) is -0.877. The molecular formula is C20H25FN2O2. The molecule has 2 rings (SSSR count). The second-order valence-corrected chi connectivity index (χ2v) is 5.85. The van der Waals surface area contributed by atoms with Crippen LogP contribution in [0.2, 0.25) is 0 Å². The molecule has 0 heterocycles. The lowest BCUT2D eigenvalue weighted by molar-refractivity contribution is -0.127. The van der Waals surface area contributed by atoms with E-state index >= 15 is 0 Å². The topological polar surface area (TPSA) is 52.6 Å². The highest BCUT2D eigenvalue weighted by Crippen LogP contribution is 2.21. The van der Waals surface area contributed by atoms with Gasteiger partial charge in [0.25, 0.3) is 0 Å². The monoisotopic (exact) mass is 344 g/mol. The lowest BCUT2D eigenvalue weighted by Crippen LogP contribution is -2.41. The van der Waals surface area contributed by atoms with Crippen LogP contribution in [-0.4, -0.2) is 35.5 Å². The Morgan fingerprint density at radius 1 is 1.04 bits per heavy atom. The molecule has 25 heavy (non-hydrogen) atoms. The van der Waals surface area contributed by atoms with Crippen molar-refractivity contribution in [1.82, 2.24) is 10.2 Å². The number of carbonyl (C=O) groups is 1. The van der Waals surface area contributed by atoms with Gasteiger partial charge in [0.1, 0.15) is 11.9 Å². The lowest BCUT2D eigenvalue weighted by atomic mass is 10.0. The van der Waals surface area contributed by atoms with Crippen molar-refractivity contribution >= 4 is 5.91 Å². The fourth-order valence-electron chi connectivity index (χ4n) is 2.85. The van der Waals surface area contributed by atoms with Gasteiger partial charge in [-0.1, -0.05) is 56.3 Å². The van der Waals surface area contributed by atoms with Crippen LogP contribution in [-0.2, 0) is 4.79 Å². The van der Waals surface area contributed by atoms with Crippen molar-refractivity contribution in [3.63, 3.8) is 0 Å². The predicted molar refractivity (Wildman–Crippen MR) is 96.5 cm³/mol. The van der Waals surface area contributed by atoms with Crippen molar-refractivity contribution in [2.75, 3.05) is 19.6 Å². The molecule has 0 radical (unpaired) electrons. The van der Waals surface area contributed by atoms with Crippen molar-refractivity contribution in [3.8, 4) is 0 Å². The molecule has 2 N–H and O–H groups in total. The zero-order chi connectivity index (χ0) is 18.2. The molecule has 2 unspecified atom stereocenters. The van der Waals surface area contributed by atoms with E-state index in [1.54, 1.807) is 0 Å². The molecule has 0 aliphatic rings. The number of likely N-dealkylation sites (N-methyl/N-ethyl adjacent to an activating group) is 1. The van der Waals surface area contributed by atoms with Crippen molar-refractivity contribution in [3.05, 3.63) is 71.5 Å². The molecule has 4 nitrogen and oxygen atoms in total. The van der Waals surface area contributed by atoms with Gasteiger partial charge in [0.05, 0.1) is 6.10 Å². The van der Waals surface area contributed by atoms with Crippen LogP contribution >= 0.6 is 0 Å². The summed E-state index contributed by atoms with van der Waals surface area (Å²) in [7, 11) is 0. The molecule has 0 spiro atoms. The Morgan fingerprint density at radius 2 is 1.64 bits per heavy atom. The van der Waals surface area contributed by atoms with Gasteiger partial charge >= 0.3 is 0 Å². The highest BCUT2D eigenvalue weighted by Gasteiger charge is 2.26. The Labute approximate surface area is 148 Å². The molecule has 0 saturated heterocycles. The summed E-state index contributed by atoms with van der Waals surface area (Å²) in [6.45, 7) is 5.59. The quantitative estimate of drug-likeness (QED) is 0.774. The normalized spacial score (nSPS) is 13.5. The zero-order valence-corrected chi connectivity index (χ0v) is 14.7. The summed E-state index contributed by atoms with van der Waals surface area (Å²) in [5.41, 5.74) is 1.49. The number of hydrogen-bond donors (Lipinski definition) is 2. The summed E-state index contributed by atoms with van der Waals surface area (Å²) in [4.78, 5) is 14.8. The summed E-state index contributed by atoms with van der Waals surface area (Å²) in [5.74, 6) is -0.512. The minimum atomic E-state index is -0.877. The van der Waals surface area contributed by atoms with Gasteiger partial charge < -0.3 is 10.4 Å². The molecule has 0 bridgehead atoms. The summed E-state index contributed by atoms with van der Waals surface area (Å²) < 4.78 is 13.0. The fraction of sp³-hybridized carbons (Fsp3) is 0.350. The molecule has 0 saturated carbocycles. The van der Waals surface area contributed by atoms with Gasteiger partial charge in [-0.15, -0.1) is 0 Å². The molecule has 0 fully saturated rings. The number of rotatable bonds is 8. The van der Waals surface area contributed by atoms with Gasteiger partial charge in [-0.3, -0.25) is 9.69 Å². The molecule has 0 aliphatic carbocycles. The first-order valence-electron chi connectivity index (χ1n) is 8.57. The van der Waals surface area contributed by atoms with Crippen LogP contribution in [0.4, 0.5) is 4.39 Å². The zero-order valence-electron chi connectivity index (χ0n) is 14.7. The van der Waals surface area contributed by atoms with Gasteiger partial charge in [0, 0.05) is 6.54 Å². The Kier molecular flexibility index (Phi) is 7.10. The number of benzene rings is 2. The van der Waals surface area contributed by atoms with Gasteiger partial charge in [-0.25, -0.2) is 4.39 Å². The van der Waals surface area contributed by atoms with Crippen molar-refractivity contribution in [2.45, 2.75) is 26.0 Å². The number of aliphatic hydroxyl groups is 1. The van der Waals surface area contributed by atoms with Gasteiger partial charge in [0.2, 0.25) is 5.91 Å². The number of carbonyl (C=O) groups excluding carboxylic acids is 1. The average molecular weight is 344 g/mol. The maximum Gasteiger partial charge on any atom is 0.242 e. The molecule has 2 aromatic rings. The lowest BCUT2D eigenvalue weighted by Gasteiger charge is -2.29. The van der Waals surface area contributed by atoms with Crippen LogP contribution in [0.3, 0.4) is 0 Å². The second kappa shape index (κ2) is 9.30. The van der Waals surface area contributed by atoms with Crippen LogP contribution in [0.5, 0.6) is 0 Å². The minimum absolute atomic E-state index is 0.0784. The highest BCUT2D eigenvalue weighted by atomic mass is 19.1.